The van der Waals surface area contributed by atoms with Crippen LogP contribution in [0.15, 0.2) is 42.6 Å². The summed E-state index contributed by atoms with van der Waals surface area (Å²) in [4.78, 5) is 36.2. The molecule has 168 valence electrons. The van der Waals surface area contributed by atoms with Gasteiger partial charge in [-0.2, -0.15) is 0 Å². The van der Waals surface area contributed by atoms with Gasteiger partial charge in [0, 0.05) is 36.1 Å². The zero-order valence-electron chi connectivity index (χ0n) is 18.4. The lowest BCUT2D eigenvalue weighted by molar-refractivity contribution is 0.0600. The van der Waals surface area contributed by atoms with Gasteiger partial charge >= 0.3 is 5.97 Å². The fraction of sp³-hybridized carbons (Fsp3) is 0.333. The number of amides is 1. The molecule has 0 bridgehead atoms. The summed E-state index contributed by atoms with van der Waals surface area (Å²) in [6.45, 7) is 5.60. The van der Waals surface area contributed by atoms with Crippen LogP contribution in [-0.2, 0) is 4.74 Å². The summed E-state index contributed by atoms with van der Waals surface area (Å²) in [6, 6.07) is 10.8. The Morgan fingerprint density at radius 1 is 1.16 bits per heavy atom. The third-order valence-corrected chi connectivity index (χ3v) is 5.72. The second-order valence-corrected chi connectivity index (χ2v) is 8.04. The van der Waals surface area contributed by atoms with Crippen molar-refractivity contribution < 1.29 is 14.3 Å². The predicted octanol–water partition coefficient (Wildman–Crippen LogP) is 4.76. The van der Waals surface area contributed by atoms with Crippen LogP contribution in [0.3, 0.4) is 0 Å². The Hall–Kier alpha value is -3.19. The lowest BCUT2D eigenvalue weighted by Crippen LogP contribution is -2.38. The fourth-order valence-electron chi connectivity index (χ4n) is 3.84. The van der Waals surface area contributed by atoms with Crippen LogP contribution in [0.1, 0.15) is 46.2 Å². The molecule has 0 spiro atoms. The Kier molecular flexibility index (Phi) is 7.30. The number of benzene rings is 1. The smallest absolute Gasteiger partial charge is 0.337 e. The van der Waals surface area contributed by atoms with Gasteiger partial charge in [-0.1, -0.05) is 13.0 Å². The second-order valence-electron chi connectivity index (χ2n) is 8.04. The summed E-state index contributed by atoms with van der Waals surface area (Å²) in [5, 5.41) is 4.10. The molecule has 1 N–H and O–H groups in total. The molecule has 1 saturated heterocycles. The second kappa shape index (κ2) is 9.96. The SMILES string of the molecule is COC(=O)c1cccc(Nc2c(C(=O)N3CCC(C)CC3)cnc3nc(C)ccc23)c1.Cl. The molecule has 0 atom stereocenters. The lowest BCUT2D eigenvalue weighted by Gasteiger charge is -2.31. The third kappa shape index (κ3) is 4.83. The normalized spacial score (nSPS) is 14.0. The number of carbonyl (C=O) groups is 2. The van der Waals surface area contributed by atoms with Gasteiger partial charge in [-0.3, -0.25) is 4.79 Å². The van der Waals surface area contributed by atoms with Gasteiger partial charge in [0.15, 0.2) is 5.65 Å². The highest BCUT2D eigenvalue weighted by molar-refractivity contribution is 6.07. The highest BCUT2D eigenvalue weighted by Crippen LogP contribution is 2.31. The number of nitrogens with zero attached hydrogens (tertiary/aromatic N) is 3. The van der Waals surface area contributed by atoms with E-state index in [1.54, 1.807) is 24.4 Å². The minimum Gasteiger partial charge on any atom is -0.465 e. The summed E-state index contributed by atoms with van der Waals surface area (Å²) < 4.78 is 4.83. The van der Waals surface area contributed by atoms with Crippen molar-refractivity contribution in [1.29, 1.82) is 0 Å². The van der Waals surface area contributed by atoms with E-state index in [-0.39, 0.29) is 18.3 Å². The molecule has 0 saturated carbocycles. The van der Waals surface area contributed by atoms with Crippen LogP contribution in [0, 0.1) is 12.8 Å². The number of pyridine rings is 2. The number of rotatable bonds is 4. The zero-order valence-corrected chi connectivity index (χ0v) is 19.2. The molecule has 4 rings (SSSR count). The molecule has 0 aliphatic carbocycles. The van der Waals surface area contributed by atoms with Gasteiger partial charge in [-0.05, 0) is 56.0 Å². The van der Waals surface area contributed by atoms with Crippen molar-refractivity contribution in [3.8, 4) is 0 Å². The quantitative estimate of drug-likeness (QED) is 0.572. The molecule has 3 heterocycles. The number of anilines is 2. The van der Waals surface area contributed by atoms with Crippen molar-refractivity contribution in [2.45, 2.75) is 26.7 Å². The molecular weight excluding hydrogens is 428 g/mol. The Bertz CT molecular complexity index is 1140. The number of nitrogens with one attached hydrogen (secondary N) is 1. The van der Waals surface area contributed by atoms with E-state index in [0.717, 1.165) is 37.0 Å². The Morgan fingerprint density at radius 3 is 2.62 bits per heavy atom. The molecule has 1 aromatic carbocycles. The van der Waals surface area contributed by atoms with Crippen molar-refractivity contribution in [3.63, 3.8) is 0 Å². The van der Waals surface area contributed by atoms with E-state index in [1.165, 1.54) is 7.11 Å². The predicted molar refractivity (Wildman–Crippen MR) is 127 cm³/mol. The molecule has 3 aromatic rings. The monoisotopic (exact) mass is 454 g/mol. The molecule has 0 unspecified atom stereocenters. The number of esters is 1. The van der Waals surface area contributed by atoms with Crippen molar-refractivity contribution in [1.82, 2.24) is 14.9 Å². The first-order valence-corrected chi connectivity index (χ1v) is 10.5. The van der Waals surface area contributed by atoms with Gasteiger partial charge in [0.2, 0.25) is 0 Å². The van der Waals surface area contributed by atoms with Crippen molar-refractivity contribution in [3.05, 3.63) is 59.4 Å². The number of piperidine rings is 1. The average molecular weight is 455 g/mol. The van der Waals surface area contributed by atoms with Crippen molar-refractivity contribution in [2.24, 2.45) is 5.92 Å². The van der Waals surface area contributed by atoms with E-state index in [4.69, 9.17) is 4.74 Å². The average Bonchev–Trinajstić information content (AvgIpc) is 2.78. The van der Waals surface area contributed by atoms with Crippen LogP contribution in [0.5, 0.6) is 0 Å². The molecular formula is C24H27ClN4O3. The minimum absolute atomic E-state index is 0. The number of hydrogen-bond donors (Lipinski definition) is 1. The Balaban J connectivity index is 0.00000289. The number of methoxy groups -OCH3 is 1. The van der Waals surface area contributed by atoms with Crippen LogP contribution < -0.4 is 5.32 Å². The number of halogens is 1. The van der Waals surface area contributed by atoms with E-state index in [9.17, 15) is 9.59 Å². The zero-order chi connectivity index (χ0) is 22.0. The number of hydrogen-bond acceptors (Lipinski definition) is 6. The lowest BCUT2D eigenvalue weighted by atomic mass is 9.98. The molecule has 8 heteroatoms. The van der Waals surface area contributed by atoms with Crippen LogP contribution in [0.4, 0.5) is 11.4 Å². The number of aromatic nitrogens is 2. The van der Waals surface area contributed by atoms with Crippen LogP contribution in [-0.4, -0.2) is 46.9 Å². The highest BCUT2D eigenvalue weighted by Gasteiger charge is 2.25. The number of ether oxygens (including phenoxy) is 1. The molecule has 1 aliphatic heterocycles. The molecule has 2 aromatic heterocycles. The number of carbonyl (C=O) groups excluding carboxylic acids is 2. The number of fused-ring (bicyclic) bond motifs is 1. The molecule has 32 heavy (non-hydrogen) atoms. The fourth-order valence-corrected chi connectivity index (χ4v) is 3.84. The minimum atomic E-state index is -0.417. The maximum atomic E-state index is 13.4. The molecule has 1 amide bonds. The van der Waals surface area contributed by atoms with Gasteiger partial charge < -0.3 is 15.0 Å². The van der Waals surface area contributed by atoms with E-state index >= 15 is 0 Å². The maximum Gasteiger partial charge on any atom is 0.337 e. The van der Waals surface area contributed by atoms with Gasteiger partial charge in [-0.15, -0.1) is 12.4 Å². The first kappa shape index (κ1) is 23.5. The first-order chi connectivity index (χ1) is 15.0. The van der Waals surface area contributed by atoms with E-state index in [0.29, 0.717) is 34.1 Å². The molecule has 1 fully saturated rings. The van der Waals surface area contributed by atoms with E-state index < -0.39 is 5.97 Å². The summed E-state index contributed by atoms with van der Waals surface area (Å²) in [7, 11) is 1.35. The van der Waals surface area contributed by atoms with Crippen molar-refractivity contribution in [2.75, 3.05) is 25.5 Å². The molecule has 7 nitrogen and oxygen atoms in total. The maximum absolute atomic E-state index is 13.4. The van der Waals surface area contributed by atoms with E-state index in [2.05, 4.69) is 22.2 Å². The van der Waals surface area contributed by atoms with E-state index in [1.807, 2.05) is 30.0 Å². The van der Waals surface area contributed by atoms with Gasteiger partial charge in [0.25, 0.3) is 5.91 Å². The van der Waals surface area contributed by atoms with Gasteiger partial charge in [0.1, 0.15) is 0 Å². The number of likely N-dealkylation sites (tertiary alicyclic amines) is 1. The van der Waals surface area contributed by atoms with Crippen LogP contribution >= 0.6 is 12.4 Å². The van der Waals surface area contributed by atoms with Crippen molar-refractivity contribution >= 4 is 46.7 Å². The third-order valence-electron chi connectivity index (χ3n) is 5.72. The molecule has 0 radical (unpaired) electrons. The van der Waals surface area contributed by atoms with Gasteiger partial charge in [0.05, 0.1) is 23.9 Å². The standard InChI is InChI=1S/C24H26N4O3.ClH/c1-15-9-11-28(12-10-15)23(29)20-14-25-22-19(8-7-16(2)26-22)21(20)27-18-6-4-5-17(13-18)24(30)31-3;/h4-8,13-15H,9-12H2,1-3H3,(H,25,26,27);1H. The summed E-state index contributed by atoms with van der Waals surface area (Å²) in [5.74, 6) is 0.164. The van der Waals surface area contributed by atoms with Crippen LogP contribution in [0.2, 0.25) is 0 Å². The van der Waals surface area contributed by atoms with Gasteiger partial charge in [-0.25, -0.2) is 14.8 Å². The highest BCUT2D eigenvalue weighted by atomic mass is 35.5. The summed E-state index contributed by atoms with van der Waals surface area (Å²) in [5.41, 5.74) is 3.66. The summed E-state index contributed by atoms with van der Waals surface area (Å²) >= 11 is 0. The Morgan fingerprint density at radius 2 is 1.91 bits per heavy atom. The summed E-state index contributed by atoms with van der Waals surface area (Å²) in [6.07, 6.45) is 3.59. The topological polar surface area (TPSA) is 84.4 Å². The Labute approximate surface area is 193 Å². The largest absolute Gasteiger partial charge is 0.465 e. The molecule has 1 aliphatic rings. The first-order valence-electron chi connectivity index (χ1n) is 10.5. The number of aryl methyl sites for hydroxylation is 1. The van der Waals surface area contributed by atoms with Crippen LogP contribution in [0.25, 0.3) is 11.0 Å².